The van der Waals surface area contributed by atoms with Crippen molar-refractivity contribution in [3.63, 3.8) is 0 Å². The predicted octanol–water partition coefficient (Wildman–Crippen LogP) is 0.502. The highest BCUT2D eigenvalue weighted by Crippen LogP contribution is 2.34. The fourth-order valence-electron chi connectivity index (χ4n) is 3.69. The minimum Gasteiger partial charge on any atom is -0.463 e. The third kappa shape index (κ3) is 5.03. The van der Waals surface area contributed by atoms with Crippen LogP contribution in [0.1, 0.15) is 69.1 Å². The second-order valence-corrected chi connectivity index (χ2v) is 7.56. The minimum atomic E-state index is -1.15. The second kappa shape index (κ2) is 9.03. The third-order valence-corrected chi connectivity index (χ3v) is 5.10. The highest BCUT2D eigenvalue weighted by atomic mass is 16.6. The van der Waals surface area contributed by atoms with Crippen LogP contribution in [0.3, 0.4) is 0 Å². The largest absolute Gasteiger partial charge is 0.463 e. The van der Waals surface area contributed by atoms with Crippen LogP contribution in [0.15, 0.2) is 0 Å². The SMILES string of the molecule is COC(=O)c1nc(C#CC2(O)CCCC2)n(C2OC(C)C(OC(C)=O)C2OC(C)=O)n1. The van der Waals surface area contributed by atoms with Gasteiger partial charge in [0.1, 0.15) is 5.60 Å². The van der Waals surface area contributed by atoms with Crippen LogP contribution in [-0.4, -0.2) is 68.8 Å². The molecule has 2 fully saturated rings. The predicted molar refractivity (Wildman–Crippen MR) is 102 cm³/mol. The van der Waals surface area contributed by atoms with E-state index in [1.54, 1.807) is 6.92 Å². The van der Waals surface area contributed by atoms with Gasteiger partial charge < -0.3 is 24.1 Å². The molecule has 11 heteroatoms. The van der Waals surface area contributed by atoms with E-state index in [4.69, 9.17) is 14.2 Å². The summed E-state index contributed by atoms with van der Waals surface area (Å²) in [5, 5.41) is 14.7. The van der Waals surface area contributed by atoms with Crippen molar-refractivity contribution >= 4 is 17.9 Å². The van der Waals surface area contributed by atoms with Gasteiger partial charge in [-0.2, -0.15) is 4.98 Å². The highest BCUT2D eigenvalue weighted by Gasteiger charge is 2.49. The Labute approximate surface area is 179 Å². The van der Waals surface area contributed by atoms with Crippen molar-refractivity contribution in [2.45, 2.75) is 76.6 Å². The zero-order valence-corrected chi connectivity index (χ0v) is 17.8. The number of ether oxygens (including phenoxy) is 4. The van der Waals surface area contributed by atoms with Crippen LogP contribution in [0.2, 0.25) is 0 Å². The van der Waals surface area contributed by atoms with E-state index in [-0.39, 0.29) is 11.6 Å². The molecule has 0 aromatic carbocycles. The molecule has 1 saturated carbocycles. The van der Waals surface area contributed by atoms with E-state index in [1.807, 2.05) is 0 Å². The Morgan fingerprint density at radius 3 is 2.35 bits per heavy atom. The summed E-state index contributed by atoms with van der Waals surface area (Å²) in [6.07, 6.45) is -0.921. The molecule has 0 radical (unpaired) electrons. The van der Waals surface area contributed by atoms with E-state index in [9.17, 15) is 19.5 Å². The van der Waals surface area contributed by atoms with Crippen molar-refractivity contribution in [3.05, 3.63) is 11.6 Å². The normalized spacial score (nSPS) is 26.6. The lowest BCUT2D eigenvalue weighted by atomic mass is 10.0. The first-order chi connectivity index (χ1) is 14.6. The zero-order chi connectivity index (χ0) is 22.8. The molecule has 4 unspecified atom stereocenters. The molecule has 1 aliphatic carbocycles. The summed E-state index contributed by atoms with van der Waals surface area (Å²) < 4.78 is 22.4. The van der Waals surface area contributed by atoms with Gasteiger partial charge in [-0.3, -0.25) is 9.59 Å². The molecule has 1 aliphatic heterocycles. The molecule has 1 aromatic rings. The molecule has 31 heavy (non-hydrogen) atoms. The van der Waals surface area contributed by atoms with Crippen molar-refractivity contribution in [3.8, 4) is 11.8 Å². The molecule has 2 heterocycles. The number of esters is 3. The van der Waals surface area contributed by atoms with Gasteiger partial charge in [0.15, 0.2) is 18.4 Å². The lowest BCUT2D eigenvalue weighted by Crippen LogP contribution is -2.38. The molecule has 1 saturated heterocycles. The van der Waals surface area contributed by atoms with Gasteiger partial charge in [0.05, 0.1) is 13.2 Å². The summed E-state index contributed by atoms with van der Waals surface area (Å²) in [5.41, 5.74) is -1.15. The van der Waals surface area contributed by atoms with Crippen molar-refractivity contribution in [1.29, 1.82) is 0 Å². The Balaban J connectivity index is 2.03. The molecule has 1 aromatic heterocycles. The standard InChI is InChI=1S/C20H25N3O8/c1-11-15(30-12(2)24)16(31-13(3)25)18(29-11)23-14(21-17(22-23)19(26)28-4)7-10-20(27)8-5-6-9-20/h11,15-16,18,27H,5-6,8-9H2,1-4H3. The Morgan fingerprint density at radius 1 is 1.16 bits per heavy atom. The molecule has 1 N–H and O–H groups in total. The van der Waals surface area contributed by atoms with Crippen molar-refractivity contribution < 1.29 is 38.4 Å². The number of hydrogen-bond donors (Lipinski definition) is 1. The van der Waals surface area contributed by atoms with Crippen molar-refractivity contribution in [1.82, 2.24) is 14.8 Å². The smallest absolute Gasteiger partial charge is 0.378 e. The number of hydrogen-bond acceptors (Lipinski definition) is 10. The van der Waals surface area contributed by atoms with Crippen LogP contribution in [0.4, 0.5) is 0 Å². The van der Waals surface area contributed by atoms with Gasteiger partial charge in [0.25, 0.3) is 5.82 Å². The maximum Gasteiger partial charge on any atom is 0.378 e. The van der Waals surface area contributed by atoms with E-state index >= 15 is 0 Å². The Hall–Kier alpha value is -2.97. The lowest BCUT2D eigenvalue weighted by molar-refractivity contribution is -0.165. The van der Waals surface area contributed by atoms with Crippen molar-refractivity contribution in [2.75, 3.05) is 7.11 Å². The van der Waals surface area contributed by atoms with E-state index in [0.717, 1.165) is 12.8 Å². The minimum absolute atomic E-state index is 0.0125. The number of aromatic nitrogens is 3. The first-order valence-corrected chi connectivity index (χ1v) is 9.94. The summed E-state index contributed by atoms with van der Waals surface area (Å²) in [4.78, 5) is 39.3. The fourth-order valence-corrected chi connectivity index (χ4v) is 3.69. The van der Waals surface area contributed by atoms with E-state index in [2.05, 4.69) is 26.7 Å². The Bertz CT molecular complexity index is 925. The monoisotopic (exact) mass is 435 g/mol. The van der Waals surface area contributed by atoms with Crippen LogP contribution in [0.25, 0.3) is 0 Å². The zero-order valence-electron chi connectivity index (χ0n) is 17.8. The van der Waals surface area contributed by atoms with Gasteiger partial charge in [-0.1, -0.05) is 5.92 Å². The van der Waals surface area contributed by atoms with Gasteiger partial charge in [-0.15, -0.1) is 5.10 Å². The molecular weight excluding hydrogens is 410 g/mol. The maximum absolute atomic E-state index is 12.0. The lowest BCUT2D eigenvalue weighted by Gasteiger charge is -2.22. The van der Waals surface area contributed by atoms with Gasteiger partial charge in [-0.25, -0.2) is 9.48 Å². The van der Waals surface area contributed by atoms with Crippen LogP contribution in [0.5, 0.6) is 0 Å². The third-order valence-electron chi connectivity index (χ3n) is 5.10. The maximum atomic E-state index is 12.0. The van der Waals surface area contributed by atoms with Gasteiger partial charge in [0, 0.05) is 13.8 Å². The molecule has 0 amide bonds. The number of carbonyl (C=O) groups excluding carboxylic acids is 3. The van der Waals surface area contributed by atoms with Gasteiger partial charge >= 0.3 is 17.9 Å². The number of methoxy groups -OCH3 is 1. The first-order valence-electron chi connectivity index (χ1n) is 9.94. The van der Waals surface area contributed by atoms with Crippen molar-refractivity contribution in [2.24, 2.45) is 0 Å². The first kappa shape index (κ1) is 22.7. The van der Waals surface area contributed by atoms with Crippen LogP contribution in [0, 0.1) is 11.8 Å². The van der Waals surface area contributed by atoms with Gasteiger partial charge in [0.2, 0.25) is 5.82 Å². The average Bonchev–Trinajstić information content (AvgIpc) is 3.39. The Morgan fingerprint density at radius 2 is 1.77 bits per heavy atom. The fraction of sp³-hybridized carbons (Fsp3) is 0.650. The van der Waals surface area contributed by atoms with Crippen LogP contribution >= 0.6 is 0 Å². The van der Waals surface area contributed by atoms with Crippen LogP contribution in [-0.2, 0) is 28.5 Å². The van der Waals surface area contributed by atoms with Crippen LogP contribution < -0.4 is 0 Å². The molecule has 0 spiro atoms. The number of nitrogens with zero attached hydrogens (tertiary/aromatic N) is 3. The molecule has 168 valence electrons. The van der Waals surface area contributed by atoms with E-state index in [0.29, 0.717) is 12.8 Å². The second-order valence-electron chi connectivity index (χ2n) is 7.56. The summed E-state index contributed by atoms with van der Waals surface area (Å²) in [6, 6.07) is 0. The van der Waals surface area contributed by atoms with E-state index < -0.39 is 48.0 Å². The van der Waals surface area contributed by atoms with E-state index in [1.165, 1.54) is 25.6 Å². The molecule has 4 atom stereocenters. The number of rotatable bonds is 4. The molecule has 11 nitrogen and oxygen atoms in total. The average molecular weight is 435 g/mol. The molecule has 0 bridgehead atoms. The molecule has 2 aliphatic rings. The summed E-state index contributed by atoms with van der Waals surface area (Å²) in [6.45, 7) is 4.09. The summed E-state index contributed by atoms with van der Waals surface area (Å²) >= 11 is 0. The Kier molecular flexibility index (Phi) is 6.62. The summed E-state index contributed by atoms with van der Waals surface area (Å²) in [5.74, 6) is 3.31. The summed E-state index contributed by atoms with van der Waals surface area (Å²) in [7, 11) is 1.18. The number of carbonyl (C=O) groups is 3. The quantitative estimate of drug-likeness (QED) is 0.404. The number of aliphatic hydroxyl groups is 1. The van der Waals surface area contributed by atoms with Gasteiger partial charge in [-0.05, 0) is 38.5 Å². The highest BCUT2D eigenvalue weighted by molar-refractivity contribution is 5.85. The molecule has 3 rings (SSSR count). The molecular formula is C20H25N3O8. The topological polar surface area (TPSA) is 139 Å².